The first kappa shape index (κ1) is 23.9. The van der Waals surface area contributed by atoms with E-state index < -0.39 is 0 Å². The number of aromatic nitrogens is 2. The second kappa shape index (κ2) is 10.0. The molecule has 0 N–H and O–H groups in total. The van der Waals surface area contributed by atoms with Crippen molar-refractivity contribution in [2.45, 2.75) is 38.8 Å². The number of hydrogen-bond acceptors (Lipinski definition) is 6. The Balaban J connectivity index is 1.60. The maximum atomic E-state index is 13.2. The van der Waals surface area contributed by atoms with Gasteiger partial charge < -0.3 is 9.64 Å². The summed E-state index contributed by atoms with van der Waals surface area (Å²) in [6, 6.07) is 14.6. The Labute approximate surface area is 216 Å². The van der Waals surface area contributed by atoms with Crippen LogP contribution in [0.3, 0.4) is 0 Å². The van der Waals surface area contributed by atoms with E-state index in [4.69, 9.17) is 4.74 Å². The normalized spacial score (nSPS) is 15.5. The SMILES string of the molecule is CCN1C(=CC=c2sc(=Cc3sc4ccc(OC)cc4[n+]3CC)n(CC)c2=O)Sc2ccccc21. The number of para-hydroxylation sites is 1. The second-order valence-electron chi connectivity index (χ2n) is 8.00. The lowest BCUT2D eigenvalue weighted by Gasteiger charge is -2.17. The van der Waals surface area contributed by atoms with Crippen LogP contribution in [0.2, 0.25) is 0 Å². The van der Waals surface area contributed by atoms with Crippen LogP contribution in [0.5, 0.6) is 5.75 Å². The molecule has 5 nitrogen and oxygen atoms in total. The van der Waals surface area contributed by atoms with Gasteiger partial charge >= 0.3 is 0 Å². The lowest BCUT2D eigenvalue weighted by molar-refractivity contribution is -0.665. The molecule has 0 fully saturated rings. The van der Waals surface area contributed by atoms with Crippen LogP contribution in [-0.2, 0) is 13.1 Å². The Hall–Kier alpha value is -2.81. The third-order valence-electron chi connectivity index (χ3n) is 6.08. The lowest BCUT2D eigenvalue weighted by Crippen LogP contribution is -2.35. The van der Waals surface area contributed by atoms with Gasteiger partial charge in [-0.15, -0.1) is 11.3 Å². The van der Waals surface area contributed by atoms with Crippen molar-refractivity contribution >= 4 is 62.5 Å². The van der Waals surface area contributed by atoms with Crippen LogP contribution < -0.4 is 29.0 Å². The van der Waals surface area contributed by atoms with E-state index >= 15 is 0 Å². The zero-order valence-corrected chi connectivity index (χ0v) is 22.7. The largest absolute Gasteiger partial charge is 0.497 e. The highest BCUT2D eigenvalue weighted by Crippen LogP contribution is 2.45. The molecule has 0 unspecified atom stereocenters. The smallest absolute Gasteiger partial charge is 0.269 e. The first-order valence-electron chi connectivity index (χ1n) is 11.8. The summed E-state index contributed by atoms with van der Waals surface area (Å²) < 4.78 is 12.5. The standard InChI is InChI=1S/C27H28N3O2S3/c1-5-28-19-10-8-9-11-21(19)33-24(28)15-14-23-27(31)30(7-3)26(35-23)17-25-29(6-2)20-16-18(32-4)12-13-22(20)34-25/h8-17H,5-7H2,1-4H3/q+1. The zero-order valence-electron chi connectivity index (χ0n) is 20.3. The first-order chi connectivity index (χ1) is 17.1. The van der Waals surface area contributed by atoms with Gasteiger partial charge in [-0.25, -0.2) is 0 Å². The lowest BCUT2D eigenvalue weighted by atomic mass is 10.3. The van der Waals surface area contributed by atoms with Crippen molar-refractivity contribution < 1.29 is 9.30 Å². The summed E-state index contributed by atoms with van der Waals surface area (Å²) in [5.74, 6) is 0.851. The third-order valence-corrected chi connectivity index (χ3v) is 9.40. The van der Waals surface area contributed by atoms with Crippen LogP contribution >= 0.6 is 34.4 Å². The molecule has 0 amide bonds. The quantitative estimate of drug-likeness (QED) is 0.349. The molecule has 0 aliphatic carbocycles. The van der Waals surface area contributed by atoms with E-state index in [1.807, 2.05) is 23.6 Å². The van der Waals surface area contributed by atoms with Crippen molar-refractivity contribution in [1.82, 2.24) is 4.57 Å². The number of rotatable bonds is 6. The number of fused-ring (bicyclic) bond motifs is 2. The average molecular weight is 523 g/mol. The number of methoxy groups -OCH3 is 1. The highest BCUT2D eigenvalue weighted by molar-refractivity contribution is 8.03. The van der Waals surface area contributed by atoms with Crippen molar-refractivity contribution in [3.8, 4) is 5.75 Å². The second-order valence-corrected chi connectivity index (χ2v) is 11.2. The van der Waals surface area contributed by atoms with Gasteiger partial charge in [-0.1, -0.05) is 35.2 Å². The molecule has 3 heterocycles. The van der Waals surface area contributed by atoms with E-state index in [-0.39, 0.29) is 5.56 Å². The van der Waals surface area contributed by atoms with Crippen LogP contribution in [0.1, 0.15) is 25.8 Å². The molecular weight excluding hydrogens is 495 g/mol. The Morgan fingerprint density at radius 1 is 1.03 bits per heavy atom. The van der Waals surface area contributed by atoms with Crippen molar-refractivity contribution in [3.63, 3.8) is 0 Å². The highest BCUT2D eigenvalue weighted by atomic mass is 32.2. The number of ether oxygens (including phenoxy) is 1. The number of aryl methyl sites for hydroxylation is 1. The Bertz CT molecular complexity index is 1610. The predicted molar refractivity (Wildman–Crippen MR) is 149 cm³/mol. The first-order valence-corrected chi connectivity index (χ1v) is 14.2. The molecule has 0 atom stereocenters. The molecule has 2 aromatic carbocycles. The van der Waals surface area contributed by atoms with Crippen LogP contribution in [0, 0.1) is 0 Å². The predicted octanol–water partition coefficient (Wildman–Crippen LogP) is 4.54. The van der Waals surface area contributed by atoms with Gasteiger partial charge in [0.1, 0.15) is 21.7 Å². The summed E-state index contributed by atoms with van der Waals surface area (Å²) >= 11 is 5.05. The molecule has 0 bridgehead atoms. The molecule has 0 saturated heterocycles. The molecule has 0 radical (unpaired) electrons. The van der Waals surface area contributed by atoms with Gasteiger partial charge in [-0.3, -0.25) is 9.36 Å². The maximum absolute atomic E-state index is 13.2. The maximum Gasteiger partial charge on any atom is 0.269 e. The van der Waals surface area contributed by atoms with Crippen molar-refractivity contribution in [1.29, 1.82) is 0 Å². The van der Waals surface area contributed by atoms with Gasteiger partial charge in [0.15, 0.2) is 0 Å². The third kappa shape index (κ3) is 4.35. The highest BCUT2D eigenvalue weighted by Gasteiger charge is 2.23. The van der Waals surface area contributed by atoms with Gasteiger partial charge in [-0.2, -0.15) is 4.57 Å². The fourth-order valence-electron chi connectivity index (χ4n) is 4.35. The van der Waals surface area contributed by atoms with E-state index in [0.29, 0.717) is 6.54 Å². The van der Waals surface area contributed by atoms with Crippen LogP contribution in [-0.4, -0.2) is 18.2 Å². The minimum atomic E-state index is 0.0648. The summed E-state index contributed by atoms with van der Waals surface area (Å²) in [4.78, 5) is 16.8. The summed E-state index contributed by atoms with van der Waals surface area (Å²) in [5.41, 5.74) is 2.45. The van der Waals surface area contributed by atoms with Crippen molar-refractivity contribution in [2.75, 3.05) is 18.6 Å². The Morgan fingerprint density at radius 3 is 2.60 bits per heavy atom. The van der Waals surface area contributed by atoms with Gasteiger partial charge in [0.05, 0.1) is 34.5 Å². The number of thioether (sulfide) groups is 1. The molecular formula is C27H28N3O2S3+. The number of hydrogen-bond donors (Lipinski definition) is 0. The van der Waals surface area contributed by atoms with Gasteiger partial charge in [0.25, 0.3) is 10.6 Å². The minimum Gasteiger partial charge on any atom is -0.497 e. The molecule has 0 saturated carbocycles. The topological polar surface area (TPSA) is 38.4 Å². The number of thiazole rings is 2. The summed E-state index contributed by atoms with van der Waals surface area (Å²) in [6.45, 7) is 8.70. The number of nitrogens with zero attached hydrogens (tertiary/aromatic N) is 3. The summed E-state index contributed by atoms with van der Waals surface area (Å²) in [7, 11) is 1.69. The van der Waals surface area contributed by atoms with Crippen LogP contribution in [0.25, 0.3) is 22.4 Å². The van der Waals surface area contributed by atoms with Gasteiger partial charge in [0.2, 0.25) is 5.52 Å². The molecule has 5 rings (SSSR count). The fraction of sp³-hybridized carbons (Fsp3) is 0.259. The molecule has 1 aliphatic rings. The molecule has 1 aliphatic heterocycles. The van der Waals surface area contributed by atoms with E-state index in [9.17, 15) is 4.79 Å². The van der Waals surface area contributed by atoms with Crippen molar-refractivity contribution in [3.05, 3.63) is 78.1 Å². The monoisotopic (exact) mass is 522 g/mol. The summed E-state index contributed by atoms with van der Waals surface area (Å²) in [5, 5.41) is 2.28. The average Bonchev–Trinajstić information content (AvgIpc) is 3.51. The number of allylic oxidation sites excluding steroid dienone is 1. The Morgan fingerprint density at radius 2 is 1.86 bits per heavy atom. The molecule has 8 heteroatoms. The van der Waals surface area contributed by atoms with Crippen LogP contribution in [0.15, 0.2) is 63.3 Å². The Kier molecular flexibility index (Phi) is 6.86. The zero-order chi connectivity index (χ0) is 24.5. The minimum absolute atomic E-state index is 0.0648. The van der Waals surface area contributed by atoms with E-state index in [1.54, 1.807) is 41.5 Å². The van der Waals surface area contributed by atoms with Crippen LogP contribution in [0.4, 0.5) is 5.69 Å². The van der Waals surface area contributed by atoms with Gasteiger partial charge in [0, 0.05) is 18.0 Å². The molecule has 180 valence electrons. The fourth-order valence-corrected chi connectivity index (χ4v) is 7.75. The summed E-state index contributed by atoms with van der Waals surface area (Å²) in [6.07, 6.45) is 6.22. The molecule has 35 heavy (non-hydrogen) atoms. The van der Waals surface area contributed by atoms with E-state index in [1.165, 1.54) is 15.3 Å². The molecule has 2 aromatic heterocycles. The van der Waals surface area contributed by atoms with E-state index in [0.717, 1.165) is 43.6 Å². The van der Waals surface area contributed by atoms with Gasteiger partial charge in [-0.05, 0) is 57.2 Å². The number of benzene rings is 2. The molecule has 4 aromatic rings. The van der Waals surface area contributed by atoms with Crippen molar-refractivity contribution in [2.24, 2.45) is 0 Å². The number of anilines is 1. The molecule has 0 spiro atoms. The van der Waals surface area contributed by atoms with E-state index in [2.05, 4.69) is 71.9 Å².